The van der Waals surface area contributed by atoms with Crippen molar-refractivity contribution in [2.75, 3.05) is 17.2 Å². The second-order valence-corrected chi connectivity index (χ2v) is 5.13. The summed E-state index contributed by atoms with van der Waals surface area (Å²) < 4.78 is 14.2. The van der Waals surface area contributed by atoms with E-state index in [1.54, 1.807) is 18.2 Å². The van der Waals surface area contributed by atoms with E-state index in [1.165, 1.54) is 6.07 Å². The Kier molecular flexibility index (Phi) is 5.12. The molecule has 0 aliphatic rings. The highest BCUT2D eigenvalue weighted by atomic mass is 79.9. The summed E-state index contributed by atoms with van der Waals surface area (Å²) in [5.41, 5.74) is 1.14. The number of carbonyl (C=O) groups is 1. The number of para-hydroxylation sites is 1. The van der Waals surface area contributed by atoms with Gasteiger partial charge in [0.05, 0.1) is 5.69 Å². The molecule has 2 aromatic carbocycles. The minimum absolute atomic E-state index is 0.119. The van der Waals surface area contributed by atoms with E-state index < -0.39 is 0 Å². The molecule has 0 unspecified atom stereocenters. The van der Waals surface area contributed by atoms with Gasteiger partial charge in [0.25, 0.3) is 0 Å². The largest absolute Gasteiger partial charge is 0.382 e. The van der Waals surface area contributed by atoms with E-state index in [4.69, 9.17) is 0 Å². The van der Waals surface area contributed by atoms with Crippen LogP contribution in [-0.4, -0.2) is 12.5 Å². The maximum Gasteiger partial charge on any atom is 0.226 e. The van der Waals surface area contributed by atoms with Crippen molar-refractivity contribution in [2.24, 2.45) is 0 Å². The summed E-state index contributed by atoms with van der Waals surface area (Å²) in [5, 5.41) is 5.68. The molecule has 2 rings (SSSR count). The van der Waals surface area contributed by atoms with Crippen molar-refractivity contribution >= 4 is 33.2 Å². The number of anilines is 2. The molecular formula is C15H14BrFN2O. The topological polar surface area (TPSA) is 41.1 Å². The van der Waals surface area contributed by atoms with E-state index in [1.807, 2.05) is 24.3 Å². The monoisotopic (exact) mass is 336 g/mol. The molecule has 0 radical (unpaired) electrons. The van der Waals surface area contributed by atoms with Crippen molar-refractivity contribution in [3.05, 3.63) is 58.8 Å². The number of halogens is 2. The maximum atomic E-state index is 13.3. The number of benzene rings is 2. The van der Waals surface area contributed by atoms with Gasteiger partial charge >= 0.3 is 0 Å². The minimum atomic E-state index is -0.320. The second-order valence-electron chi connectivity index (χ2n) is 4.22. The Hall–Kier alpha value is -1.88. The highest BCUT2D eigenvalue weighted by molar-refractivity contribution is 9.10. The van der Waals surface area contributed by atoms with Crippen LogP contribution < -0.4 is 10.6 Å². The van der Waals surface area contributed by atoms with Crippen LogP contribution in [0.5, 0.6) is 0 Å². The highest BCUT2D eigenvalue weighted by Crippen LogP contribution is 2.16. The quantitative estimate of drug-likeness (QED) is 0.865. The Bertz CT molecular complexity index is 604. The third-order valence-electron chi connectivity index (χ3n) is 2.65. The molecule has 0 atom stereocenters. The summed E-state index contributed by atoms with van der Waals surface area (Å²) in [7, 11) is 0. The molecule has 0 saturated carbocycles. The first-order valence-corrected chi connectivity index (χ1v) is 6.98. The third-order valence-corrected chi connectivity index (χ3v) is 3.14. The van der Waals surface area contributed by atoms with Gasteiger partial charge in [0.1, 0.15) is 5.82 Å². The Balaban J connectivity index is 1.80. The average molecular weight is 337 g/mol. The van der Waals surface area contributed by atoms with Crippen LogP contribution in [0.2, 0.25) is 0 Å². The summed E-state index contributed by atoms with van der Waals surface area (Å²) in [6, 6.07) is 13.8. The fourth-order valence-corrected chi connectivity index (χ4v) is 2.10. The van der Waals surface area contributed by atoms with Crippen LogP contribution in [0.3, 0.4) is 0 Å². The lowest BCUT2D eigenvalue weighted by atomic mass is 10.3. The fourth-order valence-electron chi connectivity index (χ4n) is 1.70. The number of hydrogen-bond donors (Lipinski definition) is 2. The molecule has 5 heteroatoms. The molecule has 0 aromatic heterocycles. The van der Waals surface area contributed by atoms with E-state index in [0.29, 0.717) is 12.2 Å². The van der Waals surface area contributed by atoms with Crippen LogP contribution in [0.25, 0.3) is 0 Å². The first-order chi connectivity index (χ1) is 9.65. The van der Waals surface area contributed by atoms with Crippen molar-refractivity contribution in [1.82, 2.24) is 0 Å². The van der Waals surface area contributed by atoms with E-state index in [0.717, 1.165) is 10.2 Å². The molecule has 0 bridgehead atoms. The molecule has 0 fully saturated rings. The zero-order valence-corrected chi connectivity index (χ0v) is 12.3. The lowest BCUT2D eigenvalue weighted by Gasteiger charge is -2.08. The van der Waals surface area contributed by atoms with Gasteiger partial charge in [0, 0.05) is 23.1 Å². The fraction of sp³-hybridized carbons (Fsp3) is 0.133. The molecule has 1 amide bonds. The molecule has 0 spiro atoms. The van der Waals surface area contributed by atoms with E-state index in [2.05, 4.69) is 26.6 Å². The summed E-state index contributed by atoms with van der Waals surface area (Å²) in [6.45, 7) is 0.376. The van der Waals surface area contributed by atoms with Crippen LogP contribution in [0.15, 0.2) is 53.0 Å². The number of carbonyl (C=O) groups excluding carboxylic acids is 1. The van der Waals surface area contributed by atoms with Gasteiger partial charge in [-0.05, 0) is 30.3 Å². The molecule has 2 N–H and O–H groups in total. The summed E-state index contributed by atoms with van der Waals surface area (Å²) in [5.74, 6) is -0.438. The molecule has 0 aliphatic heterocycles. The predicted molar refractivity (Wildman–Crippen MR) is 82.3 cm³/mol. The zero-order valence-electron chi connectivity index (χ0n) is 10.7. The Labute approximate surface area is 125 Å². The number of hydrogen-bond acceptors (Lipinski definition) is 2. The Morgan fingerprint density at radius 2 is 1.95 bits per heavy atom. The number of rotatable bonds is 5. The van der Waals surface area contributed by atoms with Gasteiger partial charge in [-0.1, -0.05) is 34.1 Å². The van der Waals surface area contributed by atoms with E-state index in [9.17, 15) is 9.18 Å². The molecule has 0 aliphatic carbocycles. The lowest BCUT2D eigenvalue weighted by Crippen LogP contribution is -2.16. The summed E-state index contributed by atoms with van der Waals surface area (Å²) >= 11 is 3.34. The zero-order chi connectivity index (χ0) is 14.4. The number of amides is 1. The SMILES string of the molecule is O=C(CCNc1ccccc1F)Nc1cccc(Br)c1. The van der Waals surface area contributed by atoms with Gasteiger partial charge in [0.2, 0.25) is 5.91 Å². The number of nitrogens with one attached hydrogen (secondary N) is 2. The van der Waals surface area contributed by atoms with Crippen LogP contribution >= 0.6 is 15.9 Å². The Morgan fingerprint density at radius 1 is 1.15 bits per heavy atom. The molecule has 0 saturated heterocycles. The van der Waals surface area contributed by atoms with Gasteiger partial charge < -0.3 is 10.6 Å². The Morgan fingerprint density at radius 3 is 2.70 bits per heavy atom. The first kappa shape index (κ1) is 14.5. The van der Waals surface area contributed by atoms with Crippen LogP contribution in [0.1, 0.15) is 6.42 Å². The minimum Gasteiger partial charge on any atom is -0.382 e. The van der Waals surface area contributed by atoms with Crippen molar-refractivity contribution < 1.29 is 9.18 Å². The van der Waals surface area contributed by atoms with Gasteiger partial charge in [-0.15, -0.1) is 0 Å². The molecule has 2 aromatic rings. The predicted octanol–water partition coefficient (Wildman–Crippen LogP) is 4.03. The molecule has 3 nitrogen and oxygen atoms in total. The molecular weight excluding hydrogens is 323 g/mol. The maximum absolute atomic E-state index is 13.3. The van der Waals surface area contributed by atoms with E-state index in [-0.39, 0.29) is 18.1 Å². The van der Waals surface area contributed by atoms with Crippen molar-refractivity contribution in [1.29, 1.82) is 0 Å². The smallest absolute Gasteiger partial charge is 0.226 e. The molecule has 104 valence electrons. The molecule has 20 heavy (non-hydrogen) atoms. The highest BCUT2D eigenvalue weighted by Gasteiger charge is 2.04. The average Bonchev–Trinajstić information content (AvgIpc) is 2.41. The van der Waals surface area contributed by atoms with Gasteiger partial charge in [-0.25, -0.2) is 4.39 Å². The third kappa shape index (κ3) is 4.35. The van der Waals surface area contributed by atoms with Gasteiger partial charge in [0.15, 0.2) is 0 Å². The first-order valence-electron chi connectivity index (χ1n) is 6.19. The van der Waals surface area contributed by atoms with Crippen LogP contribution in [0, 0.1) is 5.82 Å². The van der Waals surface area contributed by atoms with Gasteiger partial charge in [-0.3, -0.25) is 4.79 Å². The van der Waals surface area contributed by atoms with Crippen LogP contribution in [-0.2, 0) is 4.79 Å². The lowest BCUT2D eigenvalue weighted by molar-refractivity contribution is -0.115. The standard InChI is InChI=1S/C15H14BrFN2O/c16-11-4-3-5-12(10-11)19-15(20)8-9-18-14-7-2-1-6-13(14)17/h1-7,10,18H,8-9H2,(H,19,20). The van der Waals surface area contributed by atoms with Gasteiger partial charge in [-0.2, -0.15) is 0 Å². The van der Waals surface area contributed by atoms with Crippen molar-refractivity contribution in [2.45, 2.75) is 6.42 Å². The molecule has 0 heterocycles. The van der Waals surface area contributed by atoms with Crippen LogP contribution in [0.4, 0.5) is 15.8 Å². The van der Waals surface area contributed by atoms with Crippen molar-refractivity contribution in [3.8, 4) is 0 Å². The summed E-state index contributed by atoms with van der Waals surface area (Å²) in [4.78, 5) is 11.7. The normalized spacial score (nSPS) is 10.1. The van der Waals surface area contributed by atoms with E-state index >= 15 is 0 Å². The second kappa shape index (κ2) is 7.05. The summed E-state index contributed by atoms with van der Waals surface area (Å²) in [6.07, 6.45) is 0.265. The van der Waals surface area contributed by atoms with Crippen molar-refractivity contribution in [3.63, 3.8) is 0 Å².